The zero-order chi connectivity index (χ0) is 15.7. The Hall–Kier alpha value is -1.73. The predicted molar refractivity (Wildman–Crippen MR) is 84.4 cm³/mol. The maximum absolute atomic E-state index is 12.4. The van der Waals surface area contributed by atoms with E-state index in [1.165, 1.54) is 0 Å². The van der Waals surface area contributed by atoms with Crippen molar-refractivity contribution >= 4 is 21.8 Å². The number of aromatic amines is 1. The first-order chi connectivity index (χ1) is 10.5. The minimum Gasteiger partial charge on any atom is -0.369 e. The Bertz CT molecular complexity index is 701. The topological polar surface area (TPSA) is 79.9 Å². The van der Waals surface area contributed by atoms with Gasteiger partial charge in [-0.1, -0.05) is 0 Å². The molecule has 22 heavy (non-hydrogen) atoms. The van der Waals surface area contributed by atoms with Crippen LogP contribution in [0.25, 0.3) is 0 Å². The smallest absolute Gasteiger partial charge is 0.272 e. The molecule has 0 unspecified atom stereocenters. The van der Waals surface area contributed by atoms with Crippen molar-refractivity contribution in [2.75, 3.05) is 0 Å². The van der Waals surface area contributed by atoms with Crippen LogP contribution in [0.2, 0.25) is 0 Å². The second-order valence-electron chi connectivity index (χ2n) is 5.45. The summed E-state index contributed by atoms with van der Waals surface area (Å²) in [7, 11) is 0. The summed E-state index contributed by atoms with van der Waals surface area (Å²) in [6.45, 7) is 4.37. The van der Waals surface area contributed by atoms with Crippen molar-refractivity contribution in [2.45, 2.75) is 39.0 Å². The first-order valence-corrected chi connectivity index (χ1v) is 7.94. The number of nitrogens with zero attached hydrogens (tertiary/aromatic N) is 2. The average Bonchev–Trinajstić information content (AvgIpc) is 2.89. The van der Waals surface area contributed by atoms with E-state index in [4.69, 9.17) is 4.74 Å². The van der Waals surface area contributed by atoms with Crippen molar-refractivity contribution < 1.29 is 9.53 Å². The molecule has 0 bridgehead atoms. The minimum atomic E-state index is -0.182. The minimum absolute atomic E-state index is 0.0675. The van der Waals surface area contributed by atoms with Gasteiger partial charge in [0.05, 0.1) is 17.9 Å². The predicted octanol–water partition coefficient (Wildman–Crippen LogP) is 2.52. The number of H-pyrrole nitrogens is 1. The number of aromatic nitrogens is 3. The van der Waals surface area contributed by atoms with E-state index in [2.05, 4.69) is 36.4 Å². The SMILES string of the molecule is C[C@@H]1Cc2c(C(=O)NCc3cncc(Br)c3)n[nH]c2[C@H](C)O1. The maximum Gasteiger partial charge on any atom is 0.272 e. The Balaban J connectivity index is 1.73. The van der Waals surface area contributed by atoms with E-state index in [-0.39, 0.29) is 18.1 Å². The number of carbonyl (C=O) groups is 1. The van der Waals surface area contributed by atoms with E-state index in [1.807, 2.05) is 19.9 Å². The molecule has 2 aromatic heterocycles. The lowest BCUT2D eigenvalue weighted by Gasteiger charge is -2.25. The van der Waals surface area contributed by atoms with Gasteiger partial charge < -0.3 is 10.1 Å². The van der Waals surface area contributed by atoms with Crippen molar-refractivity contribution in [3.63, 3.8) is 0 Å². The number of hydrogen-bond acceptors (Lipinski definition) is 4. The summed E-state index contributed by atoms with van der Waals surface area (Å²) in [5.41, 5.74) is 3.24. The van der Waals surface area contributed by atoms with Crippen molar-refractivity contribution in [2.24, 2.45) is 0 Å². The molecule has 0 aromatic carbocycles. The van der Waals surface area contributed by atoms with Gasteiger partial charge in [-0.25, -0.2) is 0 Å². The molecule has 2 aromatic rings. The quantitative estimate of drug-likeness (QED) is 0.876. The summed E-state index contributed by atoms with van der Waals surface area (Å²) in [6.07, 6.45) is 4.14. The van der Waals surface area contributed by atoms with Crippen molar-refractivity contribution in [1.82, 2.24) is 20.5 Å². The number of rotatable bonds is 3. The molecule has 6 nitrogen and oxygen atoms in total. The summed E-state index contributed by atoms with van der Waals surface area (Å²) < 4.78 is 6.62. The van der Waals surface area contributed by atoms with E-state index in [0.29, 0.717) is 18.7 Å². The molecule has 1 aliphatic heterocycles. The number of fused-ring (bicyclic) bond motifs is 1. The molecule has 2 N–H and O–H groups in total. The van der Waals surface area contributed by atoms with Crippen LogP contribution in [0.1, 0.15) is 47.3 Å². The molecule has 1 aliphatic rings. The first kappa shape index (κ1) is 15.2. The van der Waals surface area contributed by atoms with Crippen LogP contribution in [0.3, 0.4) is 0 Å². The third-order valence-electron chi connectivity index (χ3n) is 3.66. The molecule has 0 aliphatic carbocycles. The van der Waals surface area contributed by atoms with Gasteiger partial charge in [0.2, 0.25) is 0 Å². The molecule has 0 spiro atoms. The molecule has 116 valence electrons. The number of hydrogen-bond donors (Lipinski definition) is 2. The largest absolute Gasteiger partial charge is 0.369 e. The maximum atomic E-state index is 12.4. The second kappa shape index (κ2) is 6.18. The van der Waals surface area contributed by atoms with Crippen LogP contribution >= 0.6 is 15.9 Å². The van der Waals surface area contributed by atoms with Gasteiger partial charge in [-0.05, 0) is 41.4 Å². The van der Waals surface area contributed by atoms with Gasteiger partial charge in [-0.2, -0.15) is 5.10 Å². The number of carbonyl (C=O) groups excluding carboxylic acids is 1. The number of ether oxygens (including phenoxy) is 1. The van der Waals surface area contributed by atoms with Crippen LogP contribution < -0.4 is 5.32 Å². The Morgan fingerprint density at radius 2 is 2.32 bits per heavy atom. The number of nitrogens with one attached hydrogen (secondary N) is 2. The highest BCUT2D eigenvalue weighted by Crippen LogP contribution is 2.30. The molecule has 0 saturated carbocycles. The molecule has 3 rings (SSSR count). The molecule has 1 amide bonds. The first-order valence-electron chi connectivity index (χ1n) is 7.15. The molecule has 0 saturated heterocycles. The second-order valence-corrected chi connectivity index (χ2v) is 6.37. The summed E-state index contributed by atoms with van der Waals surface area (Å²) in [6, 6.07) is 1.92. The Labute approximate surface area is 136 Å². The molecular weight excluding hydrogens is 348 g/mol. The normalized spacial score (nSPS) is 20.5. The van der Waals surface area contributed by atoms with E-state index >= 15 is 0 Å². The monoisotopic (exact) mass is 364 g/mol. The Kier molecular flexibility index (Phi) is 4.26. The number of amides is 1. The molecular formula is C15H17BrN4O2. The van der Waals surface area contributed by atoms with Crippen LogP contribution in [0.4, 0.5) is 0 Å². The van der Waals surface area contributed by atoms with Gasteiger partial charge in [-0.15, -0.1) is 0 Å². The number of halogens is 1. The Morgan fingerprint density at radius 3 is 3.09 bits per heavy atom. The summed E-state index contributed by atoms with van der Waals surface area (Å²) in [4.78, 5) is 16.5. The average molecular weight is 365 g/mol. The van der Waals surface area contributed by atoms with E-state index < -0.39 is 0 Å². The van der Waals surface area contributed by atoms with Crippen molar-refractivity contribution in [3.8, 4) is 0 Å². The lowest BCUT2D eigenvalue weighted by atomic mass is 9.99. The Morgan fingerprint density at radius 1 is 1.50 bits per heavy atom. The zero-order valence-corrected chi connectivity index (χ0v) is 14.0. The van der Waals surface area contributed by atoms with E-state index in [9.17, 15) is 4.79 Å². The summed E-state index contributed by atoms with van der Waals surface area (Å²) in [5, 5.41) is 9.98. The van der Waals surface area contributed by atoms with Gasteiger partial charge in [0, 0.05) is 35.4 Å². The highest BCUT2D eigenvalue weighted by Gasteiger charge is 2.29. The third kappa shape index (κ3) is 3.05. The third-order valence-corrected chi connectivity index (χ3v) is 4.10. The molecule has 2 atom stereocenters. The molecule has 0 radical (unpaired) electrons. The van der Waals surface area contributed by atoms with Crippen molar-refractivity contribution in [3.05, 3.63) is 45.4 Å². The van der Waals surface area contributed by atoms with Gasteiger partial charge in [-0.3, -0.25) is 14.9 Å². The van der Waals surface area contributed by atoms with Crippen LogP contribution in [0.15, 0.2) is 22.9 Å². The fourth-order valence-corrected chi connectivity index (χ4v) is 3.09. The fraction of sp³-hybridized carbons (Fsp3) is 0.400. The zero-order valence-electron chi connectivity index (χ0n) is 12.4. The lowest BCUT2D eigenvalue weighted by molar-refractivity contribution is -0.00697. The summed E-state index contributed by atoms with van der Waals surface area (Å²) >= 11 is 3.36. The molecule has 3 heterocycles. The van der Waals surface area contributed by atoms with Crippen LogP contribution in [0, 0.1) is 0 Å². The molecule has 7 heteroatoms. The van der Waals surface area contributed by atoms with Gasteiger partial charge in [0.1, 0.15) is 0 Å². The van der Waals surface area contributed by atoms with Gasteiger partial charge in [0.15, 0.2) is 5.69 Å². The highest BCUT2D eigenvalue weighted by atomic mass is 79.9. The van der Waals surface area contributed by atoms with Crippen LogP contribution in [-0.2, 0) is 17.7 Å². The van der Waals surface area contributed by atoms with Crippen LogP contribution in [0.5, 0.6) is 0 Å². The van der Waals surface area contributed by atoms with Gasteiger partial charge >= 0.3 is 0 Å². The van der Waals surface area contributed by atoms with Gasteiger partial charge in [0.25, 0.3) is 5.91 Å². The fourth-order valence-electron chi connectivity index (χ4n) is 2.68. The van der Waals surface area contributed by atoms with E-state index in [0.717, 1.165) is 21.3 Å². The van der Waals surface area contributed by atoms with Crippen molar-refractivity contribution in [1.29, 1.82) is 0 Å². The number of pyridine rings is 1. The highest BCUT2D eigenvalue weighted by molar-refractivity contribution is 9.10. The van der Waals surface area contributed by atoms with Crippen LogP contribution in [-0.4, -0.2) is 27.2 Å². The lowest BCUT2D eigenvalue weighted by Crippen LogP contribution is -2.27. The van der Waals surface area contributed by atoms with E-state index in [1.54, 1.807) is 12.4 Å². The summed E-state index contributed by atoms with van der Waals surface area (Å²) in [5.74, 6) is -0.182. The molecule has 0 fully saturated rings. The standard InChI is InChI=1S/C15H17BrN4O2/c1-8-3-12-13(9(2)22-8)19-20-14(12)15(21)18-6-10-4-11(16)7-17-5-10/h4-5,7-9H,3,6H2,1-2H3,(H,18,21)(H,19,20)/t8-,9+/m1/s1.